The molecule has 0 spiro atoms. The Hall–Kier alpha value is -2.93. The minimum absolute atomic E-state index is 0. The predicted octanol–water partition coefficient (Wildman–Crippen LogP) is 4.18. The number of nitrogens with zero attached hydrogens (tertiary/aromatic N) is 3. The van der Waals surface area contributed by atoms with E-state index in [1.54, 1.807) is 12.3 Å². The van der Waals surface area contributed by atoms with Gasteiger partial charge in [-0.05, 0) is 36.4 Å². The molecule has 2 aromatic carbocycles. The standard InChI is InChI=1S/C23H22N4O2.2ClH/c24-13-12-22-26-20-8-4-5-9-21(20)27(22)15-19-11-10-18(14-25-19)23(28)29-16-17-6-2-1-3-7-17;;/h1-11,14H,12-13,15-16,24H2;2*1H. The number of aromatic nitrogens is 3. The van der Waals surface area contributed by atoms with Crippen LogP contribution in [0.1, 0.15) is 27.4 Å². The number of ether oxygens (including phenoxy) is 1. The van der Waals surface area contributed by atoms with Crippen LogP contribution < -0.4 is 5.73 Å². The monoisotopic (exact) mass is 458 g/mol. The summed E-state index contributed by atoms with van der Waals surface area (Å²) in [5, 5.41) is 0. The number of rotatable bonds is 7. The van der Waals surface area contributed by atoms with Gasteiger partial charge in [0.05, 0.1) is 28.8 Å². The summed E-state index contributed by atoms with van der Waals surface area (Å²) in [5.41, 5.74) is 9.96. The highest BCUT2D eigenvalue weighted by Crippen LogP contribution is 2.18. The highest BCUT2D eigenvalue weighted by Gasteiger charge is 2.12. The van der Waals surface area contributed by atoms with Crippen LogP contribution in [0.4, 0.5) is 0 Å². The van der Waals surface area contributed by atoms with E-state index in [9.17, 15) is 4.79 Å². The summed E-state index contributed by atoms with van der Waals surface area (Å²) in [6.07, 6.45) is 2.25. The number of benzene rings is 2. The van der Waals surface area contributed by atoms with Gasteiger partial charge >= 0.3 is 5.97 Å². The molecular weight excluding hydrogens is 435 g/mol. The molecule has 0 fully saturated rings. The fraction of sp³-hybridized carbons (Fsp3) is 0.174. The molecule has 0 aliphatic rings. The Morgan fingerprint density at radius 2 is 1.71 bits per heavy atom. The number of carbonyl (C=O) groups excluding carboxylic acids is 1. The Morgan fingerprint density at radius 3 is 2.42 bits per heavy atom. The topological polar surface area (TPSA) is 83.0 Å². The summed E-state index contributed by atoms with van der Waals surface area (Å²) in [5.74, 6) is 0.548. The van der Waals surface area contributed by atoms with Gasteiger partial charge in [0.2, 0.25) is 0 Å². The average molecular weight is 459 g/mol. The minimum atomic E-state index is -0.384. The SMILES string of the molecule is Cl.Cl.NCCc1nc2ccccc2n1Cc1ccc(C(=O)OCc2ccccc2)cn1. The first-order valence-corrected chi connectivity index (χ1v) is 9.55. The van der Waals surface area contributed by atoms with Gasteiger partial charge in [0, 0.05) is 12.6 Å². The second-order valence-corrected chi connectivity index (χ2v) is 6.74. The molecule has 31 heavy (non-hydrogen) atoms. The highest BCUT2D eigenvalue weighted by atomic mass is 35.5. The maximum Gasteiger partial charge on any atom is 0.340 e. The fourth-order valence-electron chi connectivity index (χ4n) is 3.23. The summed E-state index contributed by atoms with van der Waals surface area (Å²) in [6, 6.07) is 21.2. The van der Waals surface area contributed by atoms with E-state index in [4.69, 9.17) is 10.5 Å². The molecule has 0 unspecified atom stereocenters. The largest absolute Gasteiger partial charge is 0.457 e. The molecule has 6 nitrogen and oxygen atoms in total. The number of esters is 1. The highest BCUT2D eigenvalue weighted by molar-refractivity contribution is 5.89. The number of imidazole rings is 1. The third kappa shape index (κ3) is 5.82. The molecule has 0 atom stereocenters. The van der Waals surface area contributed by atoms with Crippen LogP contribution in [0.15, 0.2) is 72.9 Å². The Bertz CT molecular complexity index is 1120. The first-order valence-electron chi connectivity index (χ1n) is 9.55. The average Bonchev–Trinajstić information content (AvgIpc) is 3.11. The first kappa shape index (κ1) is 24.3. The van der Waals surface area contributed by atoms with Gasteiger partial charge < -0.3 is 15.0 Å². The smallest absolute Gasteiger partial charge is 0.340 e. The van der Waals surface area contributed by atoms with Crippen molar-refractivity contribution >= 4 is 41.8 Å². The third-order valence-electron chi connectivity index (χ3n) is 4.69. The normalized spacial score (nSPS) is 10.2. The van der Waals surface area contributed by atoms with Crippen LogP contribution >= 0.6 is 24.8 Å². The second kappa shape index (κ2) is 11.5. The van der Waals surface area contributed by atoms with Gasteiger partial charge in [-0.15, -0.1) is 24.8 Å². The van der Waals surface area contributed by atoms with Crippen molar-refractivity contribution in [3.63, 3.8) is 0 Å². The van der Waals surface area contributed by atoms with Crippen molar-refractivity contribution in [1.29, 1.82) is 0 Å². The van der Waals surface area contributed by atoms with E-state index in [-0.39, 0.29) is 37.4 Å². The summed E-state index contributed by atoms with van der Waals surface area (Å²) < 4.78 is 7.48. The Labute approximate surface area is 193 Å². The molecule has 0 saturated heterocycles. The van der Waals surface area contributed by atoms with Crippen molar-refractivity contribution in [3.05, 3.63) is 95.6 Å². The molecule has 8 heteroatoms. The van der Waals surface area contributed by atoms with Crippen molar-refractivity contribution in [2.24, 2.45) is 5.73 Å². The van der Waals surface area contributed by atoms with Gasteiger partial charge in [0.25, 0.3) is 0 Å². The lowest BCUT2D eigenvalue weighted by molar-refractivity contribution is 0.0472. The fourth-order valence-corrected chi connectivity index (χ4v) is 3.23. The maximum absolute atomic E-state index is 12.3. The molecule has 0 amide bonds. The molecule has 2 aromatic heterocycles. The Kier molecular flexibility index (Phi) is 9.00. The first-order chi connectivity index (χ1) is 14.2. The lowest BCUT2D eigenvalue weighted by Crippen LogP contribution is -2.12. The van der Waals surface area contributed by atoms with E-state index in [1.807, 2.05) is 60.7 Å². The van der Waals surface area contributed by atoms with Crippen molar-refractivity contribution in [3.8, 4) is 0 Å². The van der Waals surface area contributed by atoms with E-state index in [0.717, 1.165) is 28.1 Å². The molecule has 0 aliphatic carbocycles. The minimum Gasteiger partial charge on any atom is -0.457 e. The number of carbonyl (C=O) groups is 1. The van der Waals surface area contributed by atoms with Crippen LogP contribution in [-0.4, -0.2) is 27.0 Å². The summed E-state index contributed by atoms with van der Waals surface area (Å²) in [4.78, 5) is 21.4. The lowest BCUT2D eigenvalue weighted by atomic mass is 10.2. The molecule has 0 bridgehead atoms. The molecule has 2 N–H and O–H groups in total. The van der Waals surface area contributed by atoms with Gasteiger partial charge in [-0.2, -0.15) is 0 Å². The van der Waals surface area contributed by atoms with Crippen molar-refractivity contribution in [2.75, 3.05) is 6.54 Å². The number of pyridine rings is 1. The predicted molar refractivity (Wildman–Crippen MR) is 126 cm³/mol. The number of hydrogen-bond acceptors (Lipinski definition) is 5. The van der Waals surface area contributed by atoms with Gasteiger partial charge in [-0.25, -0.2) is 9.78 Å². The zero-order valence-corrected chi connectivity index (χ0v) is 18.4. The van der Waals surface area contributed by atoms with E-state index in [0.29, 0.717) is 25.1 Å². The van der Waals surface area contributed by atoms with Crippen molar-refractivity contribution < 1.29 is 9.53 Å². The van der Waals surface area contributed by atoms with Gasteiger partial charge in [0.15, 0.2) is 0 Å². The second-order valence-electron chi connectivity index (χ2n) is 6.74. The number of fused-ring (bicyclic) bond motifs is 1. The van der Waals surface area contributed by atoms with Gasteiger partial charge in [-0.1, -0.05) is 42.5 Å². The summed E-state index contributed by atoms with van der Waals surface area (Å²) >= 11 is 0. The lowest BCUT2D eigenvalue weighted by Gasteiger charge is -2.09. The van der Waals surface area contributed by atoms with Crippen molar-refractivity contribution in [1.82, 2.24) is 14.5 Å². The van der Waals surface area contributed by atoms with Crippen molar-refractivity contribution in [2.45, 2.75) is 19.6 Å². The number of hydrogen-bond donors (Lipinski definition) is 1. The summed E-state index contributed by atoms with van der Waals surface area (Å²) in [7, 11) is 0. The number of para-hydroxylation sites is 2. The molecule has 2 heterocycles. The third-order valence-corrected chi connectivity index (χ3v) is 4.69. The zero-order valence-electron chi connectivity index (χ0n) is 16.8. The molecule has 0 saturated carbocycles. The quantitative estimate of drug-likeness (QED) is 0.420. The van der Waals surface area contributed by atoms with E-state index < -0.39 is 0 Å². The van der Waals surface area contributed by atoms with Gasteiger partial charge in [-0.3, -0.25) is 4.98 Å². The molecule has 0 radical (unpaired) electrons. The van der Waals surface area contributed by atoms with Crippen LogP contribution in [0.25, 0.3) is 11.0 Å². The van der Waals surface area contributed by atoms with Crippen LogP contribution in [0.2, 0.25) is 0 Å². The molecular formula is C23H24Cl2N4O2. The molecule has 0 aliphatic heterocycles. The Balaban J connectivity index is 0.00000171. The van der Waals surface area contributed by atoms with Crippen LogP contribution in [0.3, 0.4) is 0 Å². The van der Waals surface area contributed by atoms with Gasteiger partial charge in [0.1, 0.15) is 12.4 Å². The summed E-state index contributed by atoms with van der Waals surface area (Å²) in [6.45, 7) is 1.34. The number of halogens is 2. The maximum atomic E-state index is 12.3. The van der Waals surface area contributed by atoms with Crippen LogP contribution in [-0.2, 0) is 24.3 Å². The van der Waals surface area contributed by atoms with Crippen LogP contribution in [0, 0.1) is 0 Å². The Morgan fingerprint density at radius 1 is 0.968 bits per heavy atom. The zero-order chi connectivity index (χ0) is 20.1. The number of nitrogens with two attached hydrogens (primary N) is 1. The molecule has 4 rings (SSSR count). The van der Waals surface area contributed by atoms with E-state index >= 15 is 0 Å². The molecule has 4 aromatic rings. The van der Waals surface area contributed by atoms with Crippen LogP contribution in [0.5, 0.6) is 0 Å². The van der Waals surface area contributed by atoms with E-state index in [2.05, 4.69) is 14.5 Å². The molecule has 162 valence electrons. The van der Waals surface area contributed by atoms with E-state index in [1.165, 1.54) is 0 Å².